The molecule has 12 rings (SSSR count). The molecular weight excluding hydrogens is 697 g/mol. The molecule has 2 aliphatic carbocycles. The molecule has 0 saturated heterocycles. The van der Waals surface area contributed by atoms with Gasteiger partial charge >= 0.3 is 0 Å². The van der Waals surface area contributed by atoms with Crippen LogP contribution in [0.2, 0.25) is 0 Å². The Labute approximate surface area is 340 Å². The fourth-order valence-electron chi connectivity index (χ4n) is 11.0. The molecule has 0 bridgehead atoms. The Balaban J connectivity index is 1.27. The quantitative estimate of drug-likeness (QED) is 0.125. The highest BCUT2D eigenvalue weighted by atomic mass is 14.4. The Hall–Kier alpha value is -6.76. The van der Waals surface area contributed by atoms with Crippen molar-refractivity contribution in [2.24, 2.45) is 0 Å². The Bertz CT molecular complexity index is 3380. The maximum atomic E-state index is 2.53. The van der Waals surface area contributed by atoms with Crippen LogP contribution in [0, 0.1) is 0 Å². The van der Waals surface area contributed by atoms with E-state index in [0.717, 1.165) is 0 Å². The van der Waals surface area contributed by atoms with Crippen LogP contribution in [0.15, 0.2) is 182 Å². The van der Waals surface area contributed by atoms with Crippen LogP contribution in [0.5, 0.6) is 0 Å². The van der Waals surface area contributed by atoms with E-state index in [4.69, 9.17) is 0 Å². The molecule has 0 fully saturated rings. The molecule has 0 nitrogen and oxygen atoms in total. The fraction of sp³-hybridized carbons (Fsp3) is 0.103. The first kappa shape index (κ1) is 33.4. The lowest BCUT2D eigenvalue weighted by Crippen LogP contribution is -2.15. The minimum Gasteiger partial charge on any atom is -0.0622 e. The average molecular weight is 739 g/mol. The topological polar surface area (TPSA) is 0 Å². The minimum atomic E-state index is -0.119. The molecule has 0 heterocycles. The summed E-state index contributed by atoms with van der Waals surface area (Å²) in [6.45, 7) is 9.57. The minimum absolute atomic E-state index is 0.114. The Morgan fingerprint density at radius 1 is 0.259 bits per heavy atom. The third kappa shape index (κ3) is 4.46. The van der Waals surface area contributed by atoms with E-state index in [9.17, 15) is 0 Å². The van der Waals surface area contributed by atoms with Crippen molar-refractivity contribution in [3.05, 3.63) is 204 Å². The van der Waals surface area contributed by atoms with Crippen molar-refractivity contribution in [2.75, 3.05) is 0 Å². The third-order valence-electron chi connectivity index (χ3n) is 13.8. The maximum absolute atomic E-state index is 2.53. The van der Waals surface area contributed by atoms with Gasteiger partial charge in [0.25, 0.3) is 0 Å². The van der Waals surface area contributed by atoms with Gasteiger partial charge < -0.3 is 0 Å². The van der Waals surface area contributed by atoms with Crippen molar-refractivity contribution in [1.29, 1.82) is 0 Å². The molecule has 2 aliphatic rings. The van der Waals surface area contributed by atoms with Crippen molar-refractivity contribution in [2.45, 2.75) is 38.5 Å². The number of hydrogen-bond donors (Lipinski definition) is 0. The first-order chi connectivity index (χ1) is 28.3. The van der Waals surface area contributed by atoms with Crippen LogP contribution in [-0.4, -0.2) is 0 Å². The monoisotopic (exact) mass is 738 g/mol. The van der Waals surface area contributed by atoms with E-state index in [1.54, 1.807) is 0 Å². The molecule has 10 aromatic rings. The third-order valence-corrected chi connectivity index (χ3v) is 13.8. The molecule has 274 valence electrons. The summed E-state index contributed by atoms with van der Waals surface area (Å²) in [6, 6.07) is 68.9. The highest BCUT2D eigenvalue weighted by molar-refractivity contribution is 6.37. The largest absolute Gasteiger partial charge is 0.0622 e. The van der Waals surface area contributed by atoms with Crippen molar-refractivity contribution < 1.29 is 0 Å². The first-order valence-electron chi connectivity index (χ1n) is 20.7. The SMILES string of the molecule is CC1(C)c2ccccc2-c2ccc(-c3c4ccc(-c5ccccc5)cc4c(-c4ccc5c(c4)C(C)(C)c4ccccc4-5)c4c5ccccc5c5ccccc5c34)cc21. The second-order valence-electron chi connectivity index (χ2n) is 17.6. The van der Waals surface area contributed by atoms with E-state index < -0.39 is 0 Å². The smallest absolute Gasteiger partial charge is 0.0159 e. The van der Waals surface area contributed by atoms with Gasteiger partial charge in [0, 0.05) is 10.8 Å². The second-order valence-corrected chi connectivity index (χ2v) is 17.6. The van der Waals surface area contributed by atoms with Crippen LogP contribution in [0.4, 0.5) is 0 Å². The standard InChI is InChI=1S/C58H42/c1-57(2)49-24-14-12-20-41(49)43-29-27-37(33-51(43)57)53-47-31-26-36(35-16-6-5-7-17-35)32-48(47)54(38-28-30-44-42-21-13-15-25-50(42)58(3,4)52(44)34-38)56-46-23-11-9-19-40(46)39-18-8-10-22-45(39)55(53)56/h5-34H,1-4H3. The highest BCUT2D eigenvalue weighted by Gasteiger charge is 2.37. The summed E-state index contributed by atoms with van der Waals surface area (Å²) in [6.07, 6.45) is 0. The molecule has 0 N–H and O–H groups in total. The van der Waals surface area contributed by atoms with Crippen LogP contribution in [0.1, 0.15) is 49.9 Å². The van der Waals surface area contributed by atoms with Gasteiger partial charge in [-0.05, 0) is 139 Å². The molecule has 10 aromatic carbocycles. The summed E-state index contributed by atoms with van der Waals surface area (Å²) in [5, 5.41) is 10.3. The van der Waals surface area contributed by atoms with E-state index in [0.29, 0.717) is 0 Å². The number of fused-ring (bicyclic) bond motifs is 13. The van der Waals surface area contributed by atoms with Crippen molar-refractivity contribution in [3.8, 4) is 55.6 Å². The van der Waals surface area contributed by atoms with Gasteiger partial charge in [0.15, 0.2) is 0 Å². The van der Waals surface area contributed by atoms with E-state index in [2.05, 4.69) is 210 Å². The number of hydrogen-bond acceptors (Lipinski definition) is 0. The van der Waals surface area contributed by atoms with Gasteiger partial charge in [-0.3, -0.25) is 0 Å². The molecular formula is C58H42. The normalized spacial score (nSPS) is 14.5. The van der Waals surface area contributed by atoms with Crippen molar-refractivity contribution in [3.63, 3.8) is 0 Å². The molecule has 0 saturated carbocycles. The highest BCUT2D eigenvalue weighted by Crippen LogP contribution is 2.55. The molecule has 58 heavy (non-hydrogen) atoms. The Kier molecular flexibility index (Phi) is 6.84. The molecule has 0 heteroatoms. The van der Waals surface area contributed by atoms with Gasteiger partial charge in [-0.1, -0.05) is 191 Å². The second kappa shape index (κ2) is 11.9. The van der Waals surface area contributed by atoms with Crippen LogP contribution < -0.4 is 0 Å². The van der Waals surface area contributed by atoms with E-state index >= 15 is 0 Å². The van der Waals surface area contributed by atoms with Crippen molar-refractivity contribution >= 4 is 43.1 Å². The van der Waals surface area contributed by atoms with E-state index in [1.165, 1.54) is 121 Å². The molecule has 0 unspecified atom stereocenters. The summed E-state index contributed by atoms with van der Waals surface area (Å²) >= 11 is 0. The molecule has 0 atom stereocenters. The Morgan fingerprint density at radius 2 is 0.672 bits per heavy atom. The molecule has 0 radical (unpaired) electrons. The Morgan fingerprint density at radius 3 is 1.21 bits per heavy atom. The lowest BCUT2D eigenvalue weighted by molar-refractivity contribution is 0.660. The van der Waals surface area contributed by atoms with Crippen LogP contribution in [0.25, 0.3) is 98.7 Å². The zero-order valence-electron chi connectivity index (χ0n) is 33.3. The zero-order chi connectivity index (χ0) is 38.9. The molecule has 0 spiro atoms. The number of benzene rings is 10. The van der Waals surface area contributed by atoms with Gasteiger partial charge in [-0.25, -0.2) is 0 Å². The maximum Gasteiger partial charge on any atom is 0.0159 e. The summed E-state index contributed by atoms with van der Waals surface area (Å²) in [5.74, 6) is 0. The summed E-state index contributed by atoms with van der Waals surface area (Å²) in [5.41, 5.74) is 18.3. The van der Waals surface area contributed by atoms with Gasteiger partial charge in [-0.15, -0.1) is 0 Å². The summed E-state index contributed by atoms with van der Waals surface area (Å²) < 4.78 is 0. The predicted octanol–water partition coefficient (Wildman–Crippen LogP) is 15.9. The lowest BCUT2D eigenvalue weighted by Gasteiger charge is -2.25. The van der Waals surface area contributed by atoms with Crippen molar-refractivity contribution in [1.82, 2.24) is 0 Å². The van der Waals surface area contributed by atoms with Gasteiger partial charge in [0.2, 0.25) is 0 Å². The van der Waals surface area contributed by atoms with Gasteiger partial charge in [0.1, 0.15) is 0 Å². The average Bonchev–Trinajstić information content (AvgIpc) is 3.64. The fourth-order valence-corrected chi connectivity index (χ4v) is 11.0. The van der Waals surface area contributed by atoms with Crippen LogP contribution >= 0.6 is 0 Å². The van der Waals surface area contributed by atoms with Gasteiger partial charge in [-0.2, -0.15) is 0 Å². The molecule has 0 amide bonds. The first-order valence-corrected chi connectivity index (χ1v) is 20.7. The lowest BCUT2D eigenvalue weighted by atomic mass is 9.78. The summed E-state index contributed by atoms with van der Waals surface area (Å²) in [4.78, 5) is 0. The van der Waals surface area contributed by atoms with E-state index in [-0.39, 0.29) is 10.8 Å². The molecule has 0 aliphatic heterocycles. The van der Waals surface area contributed by atoms with Crippen LogP contribution in [0.3, 0.4) is 0 Å². The zero-order valence-corrected chi connectivity index (χ0v) is 33.3. The predicted molar refractivity (Wildman–Crippen MR) is 248 cm³/mol. The van der Waals surface area contributed by atoms with Gasteiger partial charge in [0.05, 0.1) is 0 Å². The van der Waals surface area contributed by atoms with E-state index in [1.807, 2.05) is 0 Å². The number of rotatable bonds is 3. The molecule has 0 aromatic heterocycles. The van der Waals surface area contributed by atoms with Crippen LogP contribution in [-0.2, 0) is 10.8 Å². The summed E-state index contributed by atoms with van der Waals surface area (Å²) in [7, 11) is 0.